The van der Waals surface area contributed by atoms with Gasteiger partial charge in [-0.1, -0.05) is 0 Å². The maximum atomic E-state index is 10.9. The van der Waals surface area contributed by atoms with Gasteiger partial charge in [0.15, 0.2) is 0 Å². The van der Waals surface area contributed by atoms with Crippen molar-refractivity contribution in [2.45, 2.75) is 12.8 Å². The summed E-state index contributed by atoms with van der Waals surface area (Å²) in [4.78, 5) is 10.9. The first-order chi connectivity index (χ1) is 7.65. The van der Waals surface area contributed by atoms with E-state index in [1.807, 2.05) is 0 Å². The van der Waals surface area contributed by atoms with Crippen molar-refractivity contribution in [2.24, 2.45) is 5.73 Å². The highest BCUT2D eigenvalue weighted by atomic mass is 16.2. The minimum Gasteiger partial charge on any atom is -0.397 e. The summed E-state index contributed by atoms with van der Waals surface area (Å²) >= 11 is 0. The summed E-state index contributed by atoms with van der Waals surface area (Å²) in [6.45, 7) is 0.929. The summed E-state index contributed by atoms with van der Waals surface area (Å²) < 4.78 is 0. The van der Waals surface area contributed by atoms with E-state index >= 15 is 0 Å². The van der Waals surface area contributed by atoms with Crippen molar-refractivity contribution in [3.8, 4) is 0 Å². The lowest BCUT2D eigenvalue weighted by Gasteiger charge is -2.09. The highest BCUT2D eigenvalue weighted by Crippen LogP contribution is 2.19. The maximum Gasteiger partial charge on any atom is 0.248 e. The van der Waals surface area contributed by atoms with Gasteiger partial charge in [0.2, 0.25) is 5.91 Å². The highest BCUT2D eigenvalue weighted by molar-refractivity contribution is 5.94. The van der Waals surface area contributed by atoms with E-state index in [4.69, 9.17) is 16.6 Å². The highest BCUT2D eigenvalue weighted by Gasteiger charge is 2.03. The number of amides is 1. The molecule has 1 rings (SSSR count). The van der Waals surface area contributed by atoms with Gasteiger partial charge in [-0.25, -0.2) is 0 Å². The molecule has 88 valence electrons. The first kappa shape index (κ1) is 12.3. The van der Waals surface area contributed by atoms with Crippen molar-refractivity contribution >= 4 is 17.3 Å². The van der Waals surface area contributed by atoms with Gasteiger partial charge in [0, 0.05) is 18.7 Å². The predicted molar refractivity (Wildman–Crippen MR) is 64.2 cm³/mol. The Morgan fingerprint density at radius 2 is 2.12 bits per heavy atom. The van der Waals surface area contributed by atoms with Crippen LogP contribution in [0.25, 0.3) is 0 Å². The number of aliphatic hydroxyl groups is 1. The van der Waals surface area contributed by atoms with Crippen LogP contribution < -0.4 is 16.8 Å². The molecule has 6 N–H and O–H groups in total. The molecule has 16 heavy (non-hydrogen) atoms. The Kier molecular flexibility index (Phi) is 4.60. The molecule has 0 heterocycles. The van der Waals surface area contributed by atoms with Crippen molar-refractivity contribution in [3.63, 3.8) is 0 Å². The summed E-state index contributed by atoms with van der Waals surface area (Å²) in [6.07, 6.45) is 1.62. The van der Waals surface area contributed by atoms with E-state index in [1.54, 1.807) is 18.2 Å². The van der Waals surface area contributed by atoms with E-state index in [2.05, 4.69) is 5.32 Å². The number of nitrogens with two attached hydrogens (primary N) is 2. The Bertz CT molecular complexity index is 366. The summed E-state index contributed by atoms with van der Waals surface area (Å²) in [6, 6.07) is 4.91. The van der Waals surface area contributed by atoms with Crippen LogP contribution in [0.15, 0.2) is 18.2 Å². The normalized spacial score (nSPS) is 10.1. The van der Waals surface area contributed by atoms with Crippen LogP contribution in [-0.4, -0.2) is 24.2 Å². The van der Waals surface area contributed by atoms with Crippen molar-refractivity contribution in [2.75, 3.05) is 24.2 Å². The van der Waals surface area contributed by atoms with Crippen LogP contribution in [-0.2, 0) is 0 Å². The van der Waals surface area contributed by atoms with Gasteiger partial charge in [0.1, 0.15) is 0 Å². The zero-order valence-electron chi connectivity index (χ0n) is 9.07. The lowest BCUT2D eigenvalue weighted by atomic mass is 10.1. The maximum absolute atomic E-state index is 10.9. The number of nitrogen functional groups attached to an aromatic ring is 1. The minimum absolute atomic E-state index is 0.192. The van der Waals surface area contributed by atoms with Gasteiger partial charge in [0.25, 0.3) is 0 Å². The molecule has 0 atom stereocenters. The molecule has 0 aliphatic carbocycles. The third-order valence-electron chi connectivity index (χ3n) is 2.24. The van der Waals surface area contributed by atoms with E-state index in [9.17, 15) is 4.79 Å². The van der Waals surface area contributed by atoms with Crippen LogP contribution in [0.1, 0.15) is 23.2 Å². The number of rotatable bonds is 6. The van der Waals surface area contributed by atoms with E-state index in [-0.39, 0.29) is 6.61 Å². The molecule has 0 unspecified atom stereocenters. The Morgan fingerprint density at radius 1 is 1.38 bits per heavy atom. The lowest BCUT2D eigenvalue weighted by molar-refractivity contribution is 0.100. The van der Waals surface area contributed by atoms with Gasteiger partial charge in [-0.15, -0.1) is 0 Å². The molecule has 5 nitrogen and oxygen atoms in total. The van der Waals surface area contributed by atoms with Crippen LogP contribution in [0.3, 0.4) is 0 Å². The molecule has 0 spiro atoms. The third-order valence-corrected chi connectivity index (χ3v) is 2.24. The number of carbonyl (C=O) groups excluding carboxylic acids is 1. The third kappa shape index (κ3) is 3.43. The fourth-order valence-corrected chi connectivity index (χ4v) is 1.34. The van der Waals surface area contributed by atoms with Crippen LogP contribution in [0.4, 0.5) is 11.4 Å². The van der Waals surface area contributed by atoms with Crippen molar-refractivity contribution < 1.29 is 9.90 Å². The van der Waals surface area contributed by atoms with Gasteiger partial charge in [-0.3, -0.25) is 4.79 Å². The minimum atomic E-state index is -0.487. The number of unbranched alkanes of at least 4 members (excludes halogenated alkanes) is 1. The molecule has 0 aromatic heterocycles. The second-order valence-corrected chi connectivity index (χ2v) is 3.52. The fraction of sp³-hybridized carbons (Fsp3) is 0.364. The van der Waals surface area contributed by atoms with E-state index in [0.717, 1.165) is 25.1 Å². The van der Waals surface area contributed by atoms with Crippen LogP contribution in [0.2, 0.25) is 0 Å². The number of hydrogen-bond donors (Lipinski definition) is 4. The first-order valence-corrected chi connectivity index (χ1v) is 5.19. The second kappa shape index (κ2) is 5.97. The fourth-order valence-electron chi connectivity index (χ4n) is 1.34. The first-order valence-electron chi connectivity index (χ1n) is 5.19. The molecular formula is C11H17N3O2. The topological polar surface area (TPSA) is 101 Å². The molecule has 0 aliphatic rings. The number of hydrogen-bond acceptors (Lipinski definition) is 4. The molecule has 0 fully saturated rings. The van der Waals surface area contributed by atoms with Gasteiger partial charge in [0.05, 0.1) is 11.4 Å². The van der Waals surface area contributed by atoms with Crippen molar-refractivity contribution in [3.05, 3.63) is 23.8 Å². The van der Waals surface area contributed by atoms with Crippen LogP contribution in [0, 0.1) is 0 Å². The Labute approximate surface area is 94.4 Å². The zero-order chi connectivity index (χ0) is 12.0. The SMILES string of the molecule is NC(=O)c1ccc(NCCCCO)c(N)c1. The zero-order valence-corrected chi connectivity index (χ0v) is 9.07. The van der Waals surface area contributed by atoms with Crippen LogP contribution in [0.5, 0.6) is 0 Å². The number of benzene rings is 1. The summed E-state index contributed by atoms with van der Waals surface area (Å²) in [5, 5.41) is 11.7. The average Bonchev–Trinajstić information content (AvgIpc) is 2.26. The number of aliphatic hydroxyl groups excluding tert-OH is 1. The molecule has 1 aromatic carbocycles. The predicted octanol–water partition coefficient (Wildman–Crippen LogP) is 0.552. The smallest absolute Gasteiger partial charge is 0.248 e. The Balaban J connectivity index is 2.57. The second-order valence-electron chi connectivity index (χ2n) is 3.52. The number of nitrogens with one attached hydrogen (secondary N) is 1. The van der Waals surface area contributed by atoms with Gasteiger partial charge in [-0.2, -0.15) is 0 Å². The molecule has 0 bridgehead atoms. The van der Waals surface area contributed by atoms with E-state index in [1.165, 1.54) is 0 Å². The molecule has 1 aromatic rings. The van der Waals surface area contributed by atoms with Crippen molar-refractivity contribution in [1.82, 2.24) is 0 Å². The van der Waals surface area contributed by atoms with Gasteiger partial charge in [-0.05, 0) is 31.0 Å². The molecule has 5 heteroatoms. The molecule has 0 radical (unpaired) electrons. The quantitative estimate of drug-likeness (QED) is 0.418. The number of carbonyl (C=O) groups is 1. The molecule has 1 amide bonds. The number of anilines is 2. The summed E-state index contributed by atoms with van der Waals surface area (Å²) in [5.74, 6) is -0.487. The van der Waals surface area contributed by atoms with Gasteiger partial charge >= 0.3 is 0 Å². The Morgan fingerprint density at radius 3 is 2.69 bits per heavy atom. The number of primary amides is 1. The van der Waals surface area contributed by atoms with Gasteiger partial charge < -0.3 is 21.9 Å². The monoisotopic (exact) mass is 223 g/mol. The molecular weight excluding hydrogens is 206 g/mol. The summed E-state index contributed by atoms with van der Waals surface area (Å²) in [7, 11) is 0. The molecule has 0 saturated heterocycles. The Hall–Kier alpha value is -1.75. The lowest BCUT2D eigenvalue weighted by Crippen LogP contribution is -2.12. The van der Waals surface area contributed by atoms with Crippen LogP contribution >= 0.6 is 0 Å². The van der Waals surface area contributed by atoms with E-state index < -0.39 is 5.91 Å². The average molecular weight is 223 g/mol. The standard InChI is InChI=1S/C11H17N3O2/c12-9-7-8(11(13)16)3-4-10(9)14-5-1-2-6-15/h3-4,7,14-15H,1-2,5-6,12H2,(H2,13,16). The van der Waals surface area contributed by atoms with E-state index in [0.29, 0.717) is 11.3 Å². The summed E-state index contributed by atoms with van der Waals surface area (Å²) in [5.41, 5.74) is 12.6. The largest absolute Gasteiger partial charge is 0.397 e. The molecule has 0 saturated carbocycles. The van der Waals surface area contributed by atoms with Crippen molar-refractivity contribution in [1.29, 1.82) is 0 Å². The molecule has 0 aliphatic heterocycles.